The van der Waals surface area contributed by atoms with Crippen molar-refractivity contribution in [2.24, 2.45) is 0 Å². The standard InChI is InChI=1S/C4H8N2O/c1-2-6-7-4-3-5/h6H,2,4H2,1H3. The molecule has 7 heavy (non-hydrogen) atoms. The van der Waals surface area contributed by atoms with Gasteiger partial charge >= 0.3 is 0 Å². The van der Waals surface area contributed by atoms with Crippen molar-refractivity contribution in [1.29, 1.82) is 5.26 Å². The molecular weight excluding hydrogens is 92.1 g/mol. The van der Waals surface area contributed by atoms with E-state index >= 15 is 0 Å². The number of nitriles is 1. The van der Waals surface area contributed by atoms with Gasteiger partial charge in [-0.1, -0.05) is 6.92 Å². The second-order valence-electron chi connectivity index (χ2n) is 0.945. The Morgan fingerprint density at radius 2 is 2.57 bits per heavy atom. The van der Waals surface area contributed by atoms with Gasteiger partial charge in [-0.15, -0.1) is 0 Å². The highest BCUT2D eigenvalue weighted by molar-refractivity contribution is 4.65. The number of hydrogen-bond donors (Lipinski definition) is 1. The third-order valence-corrected chi connectivity index (χ3v) is 0.383. The predicted octanol–water partition coefficient (Wildman–Crippen LogP) is 0.0511. The van der Waals surface area contributed by atoms with Gasteiger partial charge in [0, 0.05) is 6.54 Å². The van der Waals surface area contributed by atoms with Crippen LogP contribution in [0, 0.1) is 11.3 Å². The van der Waals surface area contributed by atoms with Gasteiger partial charge in [0.2, 0.25) is 0 Å². The maximum Gasteiger partial charge on any atom is 0.155 e. The summed E-state index contributed by atoms with van der Waals surface area (Å²) in [4.78, 5) is 4.52. The lowest BCUT2D eigenvalue weighted by molar-refractivity contribution is 0.0694. The molecule has 0 aromatic heterocycles. The van der Waals surface area contributed by atoms with E-state index in [9.17, 15) is 0 Å². The number of nitrogens with zero attached hydrogens (tertiary/aromatic N) is 1. The van der Waals surface area contributed by atoms with Crippen molar-refractivity contribution in [3.63, 3.8) is 0 Å². The van der Waals surface area contributed by atoms with Crippen molar-refractivity contribution < 1.29 is 4.84 Å². The van der Waals surface area contributed by atoms with E-state index in [1.54, 1.807) is 0 Å². The highest BCUT2D eigenvalue weighted by Crippen LogP contribution is 1.59. The maximum absolute atomic E-state index is 7.88. The van der Waals surface area contributed by atoms with Gasteiger partial charge in [-0.05, 0) is 0 Å². The van der Waals surface area contributed by atoms with Gasteiger partial charge in [-0.3, -0.25) is 4.84 Å². The van der Waals surface area contributed by atoms with Crippen molar-refractivity contribution in [1.82, 2.24) is 5.48 Å². The van der Waals surface area contributed by atoms with Crippen molar-refractivity contribution in [3.8, 4) is 6.07 Å². The van der Waals surface area contributed by atoms with E-state index in [-0.39, 0.29) is 6.61 Å². The molecule has 0 spiro atoms. The fraction of sp³-hybridized carbons (Fsp3) is 0.750. The van der Waals surface area contributed by atoms with Crippen LogP contribution in [-0.2, 0) is 4.84 Å². The summed E-state index contributed by atoms with van der Waals surface area (Å²) in [6, 6.07) is 1.82. The van der Waals surface area contributed by atoms with Crippen LogP contribution in [-0.4, -0.2) is 13.2 Å². The van der Waals surface area contributed by atoms with Gasteiger partial charge < -0.3 is 0 Å². The van der Waals surface area contributed by atoms with Crippen LogP contribution in [0.4, 0.5) is 0 Å². The molecule has 0 bridgehead atoms. The second kappa shape index (κ2) is 5.41. The number of rotatable bonds is 3. The third-order valence-electron chi connectivity index (χ3n) is 0.383. The van der Waals surface area contributed by atoms with E-state index in [1.807, 2.05) is 13.0 Å². The van der Waals surface area contributed by atoms with Crippen molar-refractivity contribution in [2.45, 2.75) is 6.92 Å². The number of nitrogens with one attached hydrogen (secondary N) is 1. The molecule has 0 heterocycles. The van der Waals surface area contributed by atoms with Crippen LogP contribution in [0.15, 0.2) is 0 Å². The largest absolute Gasteiger partial charge is 0.287 e. The Balaban J connectivity index is 2.60. The van der Waals surface area contributed by atoms with Crippen molar-refractivity contribution in [2.75, 3.05) is 13.2 Å². The minimum Gasteiger partial charge on any atom is -0.287 e. The third kappa shape index (κ3) is 5.41. The summed E-state index contributed by atoms with van der Waals surface area (Å²) in [6.45, 7) is 2.76. The minimum absolute atomic E-state index is 0.119. The first-order valence-electron chi connectivity index (χ1n) is 2.13. The zero-order valence-electron chi connectivity index (χ0n) is 4.27. The molecule has 0 aromatic rings. The molecule has 0 radical (unpaired) electrons. The maximum atomic E-state index is 7.88. The van der Waals surface area contributed by atoms with Gasteiger partial charge in [0.05, 0.1) is 6.07 Å². The monoisotopic (exact) mass is 100 g/mol. The van der Waals surface area contributed by atoms with Gasteiger partial charge in [0.15, 0.2) is 6.61 Å². The summed E-state index contributed by atoms with van der Waals surface area (Å²) in [7, 11) is 0. The van der Waals surface area contributed by atoms with E-state index in [0.29, 0.717) is 0 Å². The summed E-state index contributed by atoms with van der Waals surface area (Å²) in [6.07, 6.45) is 0. The summed E-state index contributed by atoms with van der Waals surface area (Å²) in [5, 5.41) is 7.88. The normalized spacial score (nSPS) is 8.00. The van der Waals surface area contributed by atoms with Gasteiger partial charge in [0.1, 0.15) is 0 Å². The molecule has 0 aromatic carbocycles. The summed E-state index contributed by atoms with van der Waals surface area (Å²) >= 11 is 0. The average Bonchev–Trinajstić information content (AvgIpc) is 1.69. The van der Waals surface area contributed by atoms with Crippen LogP contribution in [0.3, 0.4) is 0 Å². The summed E-state index contributed by atoms with van der Waals surface area (Å²) in [5.74, 6) is 0. The molecule has 0 aliphatic rings. The number of hydrogen-bond acceptors (Lipinski definition) is 3. The second-order valence-corrected chi connectivity index (χ2v) is 0.945. The molecule has 1 N–H and O–H groups in total. The Bertz CT molecular complexity index is 66.6. The van der Waals surface area contributed by atoms with E-state index in [4.69, 9.17) is 5.26 Å². The van der Waals surface area contributed by atoms with Crippen LogP contribution in [0.25, 0.3) is 0 Å². The first kappa shape index (κ1) is 6.41. The van der Waals surface area contributed by atoms with Gasteiger partial charge in [0.25, 0.3) is 0 Å². The molecule has 0 saturated carbocycles. The SMILES string of the molecule is CCNOCC#N. The number of hydroxylamine groups is 1. The van der Waals surface area contributed by atoms with Crippen LogP contribution in [0.1, 0.15) is 6.92 Å². The lowest BCUT2D eigenvalue weighted by Gasteiger charge is -1.92. The summed E-state index contributed by atoms with van der Waals surface area (Å²) in [5.41, 5.74) is 2.53. The first-order chi connectivity index (χ1) is 3.41. The van der Waals surface area contributed by atoms with Gasteiger partial charge in [-0.2, -0.15) is 5.26 Å². The fourth-order valence-corrected chi connectivity index (χ4v) is 0.185. The molecule has 0 aliphatic carbocycles. The Morgan fingerprint density at radius 1 is 1.86 bits per heavy atom. The zero-order valence-corrected chi connectivity index (χ0v) is 4.27. The van der Waals surface area contributed by atoms with E-state index in [1.165, 1.54) is 0 Å². The molecule has 0 atom stereocenters. The topological polar surface area (TPSA) is 45.0 Å². The van der Waals surface area contributed by atoms with E-state index in [0.717, 1.165) is 6.54 Å². The lowest BCUT2D eigenvalue weighted by Crippen LogP contribution is -2.12. The minimum atomic E-state index is 0.119. The average molecular weight is 100 g/mol. The predicted molar refractivity (Wildman–Crippen MR) is 25.2 cm³/mol. The van der Waals surface area contributed by atoms with Crippen molar-refractivity contribution in [3.05, 3.63) is 0 Å². The molecule has 0 fully saturated rings. The Kier molecular flexibility index (Phi) is 4.95. The van der Waals surface area contributed by atoms with Crippen LogP contribution in [0.5, 0.6) is 0 Å². The molecule has 0 saturated heterocycles. The molecular formula is C4H8N2O. The lowest BCUT2D eigenvalue weighted by atomic mass is 10.8. The molecule has 3 heteroatoms. The quantitative estimate of drug-likeness (QED) is 0.402. The van der Waals surface area contributed by atoms with Crippen LogP contribution < -0.4 is 5.48 Å². The fourth-order valence-electron chi connectivity index (χ4n) is 0.185. The first-order valence-corrected chi connectivity index (χ1v) is 2.13. The van der Waals surface area contributed by atoms with Crippen LogP contribution >= 0.6 is 0 Å². The highest BCUT2D eigenvalue weighted by Gasteiger charge is 1.74. The highest BCUT2D eigenvalue weighted by atomic mass is 16.6. The molecule has 0 rings (SSSR count). The van der Waals surface area contributed by atoms with E-state index in [2.05, 4.69) is 10.3 Å². The van der Waals surface area contributed by atoms with E-state index < -0.39 is 0 Å². The summed E-state index contributed by atoms with van der Waals surface area (Å²) < 4.78 is 0. The van der Waals surface area contributed by atoms with Crippen molar-refractivity contribution >= 4 is 0 Å². The molecule has 0 amide bonds. The Labute approximate surface area is 42.8 Å². The van der Waals surface area contributed by atoms with Gasteiger partial charge in [-0.25, -0.2) is 5.48 Å². The molecule has 3 nitrogen and oxygen atoms in total. The van der Waals surface area contributed by atoms with Crippen LogP contribution in [0.2, 0.25) is 0 Å². The zero-order chi connectivity index (χ0) is 5.54. The molecule has 0 unspecified atom stereocenters. The molecule has 0 aliphatic heterocycles. The molecule has 40 valence electrons. The Hall–Kier alpha value is -0.590. The Morgan fingerprint density at radius 3 is 3.00 bits per heavy atom. The smallest absolute Gasteiger partial charge is 0.155 e.